The van der Waals surface area contributed by atoms with E-state index in [9.17, 15) is 4.79 Å². The quantitative estimate of drug-likeness (QED) is 0.912. The van der Waals surface area contributed by atoms with Crippen LogP contribution in [-0.4, -0.2) is 9.55 Å². The van der Waals surface area contributed by atoms with Crippen LogP contribution in [0.3, 0.4) is 0 Å². The Hall–Kier alpha value is -1.62. The van der Waals surface area contributed by atoms with Crippen LogP contribution in [0.5, 0.6) is 0 Å². The largest absolute Gasteiger partial charge is 0.361 e. The number of nitrogens with one attached hydrogen (secondary N) is 1. The van der Waals surface area contributed by atoms with E-state index in [1.54, 1.807) is 17.0 Å². The molecule has 2 rings (SSSR count). The maximum atomic E-state index is 12.2. The molecular formula is C15H18BrN3O. The first-order chi connectivity index (χ1) is 9.56. The van der Waals surface area contributed by atoms with Crippen LogP contribution in [0, 0.1) is 5.92 Å². The third-order valence-corrected chi connectivity index (χ3v) is 3.32. The summed E-state index contributed by atoms with van der Waals surface area (Å²) in [6.45, 7) is 5.45. The van der Waals surface area contributed by atoms with E-state index in [4.69, 9.17) is 0 Å². The highest BCUT2D eigenvalue weighted by Gasteiger charge is 2.06. The summed E-state index contributed by atoms with van der Waals surface area (Å²) in [5.74, 6) is 0.821. The van der Waals surface area contributed by atoms with Crippen molar-refractivity contribution in [1.82, 2.24) is 9.55 Å². The van der Waals surface area contributed by atoms with Crippen molar-refractivity contribution in [2.45, 2.75) is 26.9 Å². The Kier molecular flexibility index (Phi) is 4.95. The molecule has 5 heteroatoms. The van der Waals surface area contributed by atoms with Gasteiger partial charge in [0.05, 0.1) is 0 Å². The standard InChI is InChI=1S/C15H18BrN3O/c1-11(2)10-19-7-6-17-14(15(19)20)18-9-12-4-3-5-13(16)8-12/h3-8,11H,9-10H2,1-2H3,(H,17,18). The maximum Gasteiger partial charge on any atom is 0.293 e. The number of nitrogens with zero attached hydrogens (tertiary/aromatic N) is 2. The lowest BCUT2D eigenvalue weighted by Crippen LogP contribution is -2.25. The number of hydrogen-bond acceptors (Lipinski definition) is 3. The molecule has 0 aliphatic heterocycles. The molecule has 0 spiro atoms. The minimum atomic E-state index is -0.0730. The normalized spacial score (nSPS) is 10.8. The number of halogens is 1. The Morgan fingerprint density at radius 2 is 2.20 bits per heavy atom. The molecule has 1 aromatic carbocycles. The van der Waals surface area contributed by atoms with Gasteiger partial charge in [-0.2, -0.15) is 0 Å². The number of hydrogen-bond donors (Lipinski definition) is 1. The highest BCUT2D eigenvalue weighted by Crippen LogP contribution is 2.12. The van der Waals surface area contributed by atoms with Crippen molar-refractivity contribution in [2.75, 3.05) is 5.32 Å². The van der Waals surface area contributed by atoms with E-state index in [-0.39, 0.29) is 5.56 Å². The molecule has 0 radical (unpaired) electrons. The van der Waals surface area contributed by atoms with Gasteiger partial charge in [0.2, 0.25) is 0 Å². The minimum Gasteiger partial charge on any atom is -0.361 e. The maximum absolute atomic E-state index is 12.2. The second-order valence-electron chi connectivity index (χ2n) is 5.11. The molecule has 1 N–H and O–H groups in total. The Morgan fingerprint density at radius 3 is 2.90 bits per heavy atom. The predicted molar refractivity (Wildman–Crippen MR) is 84.8 cm³/mol. The van der Waals surface area contributed by atoms with Crippen molar-refractivity contribution >= 4 is 21.7 Å². The lowest BCUT2D eigenvalue weighted by Gasteiger charge is -2.11. The van der Waals surface area contributed by atoms with E-state index >= 15 is 0 Å². The zero-order valence-electron chi connectivity index (χ0n) is 11.6. The van der Waals surface area contributed by atoms with Gasteiger partial charge in [0.25, 0.3) is 5.56 Å². The third-order valence-electron chi connectivity index (χ3n) is 2.82. The summed E-state index contributed by atoms with van der Waals surface area (Å²) in [5.41, 5.74) is 1.02. The van der Waals surface area contributed by atoms with Crippen LogP contribution in [0.15, 0.2) is 45.9 Å². The van der Waals surface area contributed by atoms with Crippen LogP contribution >= 0.6 is 15.9 Å². The number of anilines is 1. The van der Waals surface area contributed by atoms with Gasteiger partial charge in [-0.1, -0.05) is 41.9 Å². The zero-order chi connectivity index (χ0) is 14.5. The summed E-state index contributed by atoms with van der Waals surface area (Å²) >= 11 is 3.43. The number of benzene rings is 1. The van der Waals surface area contributed by atoms with Crippen LogP contribution in [0.2, 0.25) is 0 Å². The average molecular weight is 336 g/mol. The van der Waals surface area contributed by atoms with Crippen molar-refractivity contribution in [3.8, 4) is 0 Å². The zero-order valence-corrected chi connectivity index (χ0v) is 13.2. The van der Waals surface area contributed by atoms with E-state index < -0.39 is 0 Å². The molecule has 1 heterocycles. The van der Waals surface area contributed by atoms with Gasteiger partial charge in [-0.15, -0.1) is 0 Å². The molecule has 0 saturated carbocycles. The third kappa shape index (κ3) is 3.93. The van der Waals surface area contributed by atoms with Gasteiger partial charge in [0.1, 0.15) is 0 Å². The Labute approximate surface area is 127 Å². The molecule has 0 fully saturated rings. The summed E-state index contributed by atoms with van der Waals surface area (Å²) in [6.07, 6.45) is 3.39. The SMILES string of the molecule is CC(C)Cn1ccnc(NCc2cccc(Br)c2)c1=O. The lowest BCUT2D eigenvalue weighted by molar-refractivity contribution is 0.509. The van der Waals surface area contributed by atoms with Crippen LogP contribution in [0.1, 0.15) is 19.4 Å². The first-order valence-corrected chi connectivity index (χ1v) is 7.39. The topological polar surface area (TPSA) is 46.9 Å². The predicted octanol–water partition coefficient (Wildman–Crippen LogP) is 3.27. The van der Waals surface area contributed by atoms with Crippen molar-refractivity contribution < 1.29 is 0 Å². The first kappa shape index (κ1) is 14.8. The monoisotopic (exact) mass is 335 g/mol. The molecular weight excluding hydrogens is 318 g/mol. The average Bonchev–Trinajstić information content (AvgIpc) is 2.39. The van der Waals surface area contributed by atoms with Gasteiger partial charge < -0.3 is 9.88 Å². The molecule has 0 aliphatic rings. The number of aromatic nitrogens is 2. The van der Waals surface area contributed by atoms with E-state index in [2.05, 4.69) is 40.1 Å². The van der Waals surface area contributed by atoms with Crippen LogP contribution < -0.4 is 10.9 Å². The summed E-state index contributed by atoms with van der Waals surface area (Å²) in [4.78, 5) is 16.3. The fraction of sp³-hybridized carbons (Fsp3) is 0.333. The molecule has 2 aromatic rings. The fourth-order valence-corrected chi connectivity index (χ4v) is 2.39. The molecule has 0 amide bonds. The molecule has 0 bridgehead atoms. The highest BCUT2D eigenvalue weighted by atomic mass is 79.9. The smallest absolute Gasteiger partial charge is 0.293 e. The van der Waals surface area contributed by atoms with E-state index in [1.807, 2.05) is 24.3 Å². The number of rotatable bonds is 5. The summed E-state index contributed by atoms with van der Waals surface area (Å²) in [7, 11) is 0. The van der Waals surface area contributed by atoms with Crippen molar-refractivity contribution in [1.29, 1.82) is 0 Å². The molecule has 1 aromatic heterocycles. The van der Waals surface area contributed by atoms with Crippen molar-refractivity contribution in [3.05, 3.63) is 57.0 Å². The van der Waals surface area contributed by atoms with Crippen LogP contribution in [-0.2, 0) is 13.1 Å². The summed E-state index contributed by atoms with van der Waals surface area (Å²) < 4.78 is 2.72. The molecule has 4 nitrogen and oxygen atoms in total. The molecule has 106 valence electrons. The Balaban J connectivity index is 2.12. The van der Waals surface area contributed by atoms with Gasteiger partial charge in [-0.25, -0.2) is 4.98 Å². The summed E-state index contributed by atoms with van der Waals surface area (Å²) in [5, 5.41) is 3.10. The van der Waals surface area contributed by atoms with E-state index in [0.29, 0.717) is 24.8 Å². The van der Waals surface area contributed by atoms with Gasteiger partial charge in [0.15, 0.2) is 5.82 Å². The van der Waals surface area contributed by atoms with E-state index in [1.165, 1.54) is 0 Å². The fourth-order valence-electron chi connectivity index (χ4n) is 1.94. The van der Waals surface area contributed by atoms with Crippen molar-refractivity contribution in [2.24, 2.45) is 5.92 Å². The second-order valence-corrected chi connectivity index (χ2v) is 6.03. The molecule has 0 aliphatic carbocycles. The van der Waals surface area contributed by atoms with E-state index in [0.717, 1.165) is 10.0 Å². The molecule has 0 atom stereocenters. The van der Waals surface area contributed by atoms with Gasteiger partial charge in [0, 0.05) is 30.0 Å². The molecule has 20 heavy (non-hydrogen) atoms. The Bertz CT molecular complexity index is 637. The van der Waals surface area contributed by atoms with Gasteiger partial charge in [-0.05, 0) is 23.6 Å². The van der Waals surface area contributed by atoms with Gasteiger partial charge >= 0.3 is 0 Å². The lowest BCUT2D eigenvalue weighted by atomic mass is 10.2. The minimum absolute atomic E-state index is 0.0730. The molecule has 0 unspecified atom stereocenters. The highest BCUT2D eigenvalue weighted by molar-refractivity contribution is 9.10. The van der Waals surface area contributed by atoms with Crippen LogP contribution in [0.25, 0.3) is 0 Å². The van der Waals surface area contributed by atoms with Crippen LogP contribution in [0.4, 0.5) is 5.82 Å². The summed E-state index contributed by atoms with van der Waals surface area (Å²) in [6, 6.07) is 7.96. The molecule has 0 saturated heterocycles. The van der Waals surface area contributed by atoms with Gasteiger partial charge in [-0.3, -0.25) is 4.79 Å². The Morgan fingerprint density at radius 1 is 1.40 bits per heavy atom. The first-order valence-electron chi connectivity index (χ1n) is 6.60. The second kappa shape index (κ2) is 6.70. The van der Waals surface area contributed by atoms with Crippen molar-refractivity contribution in [3.63, 3.8) is 0 Å².